The van der Waals surface area contributed by atoms with Gasteiger partial charge in [0.25, 0.3) is 0 Å². The van der Waals surface area contributed by atoms with Crippen molar-refractivity contribution in [2.75, 3.05) is 13.2 Å². The van der Waals surface area contributed by atoms with Gasteiger partial charge in [0.2, 0.25) is 5.91 Å². The minimum Gasteiger partial charge on any atom is -0.481 e. The molecule has 3 N–H and O–H groups in total. The molecule has 2 aromatic rings. The fraction of sp³-hybridized carbons (Fsp3) is 0.464. The molecule has 1 fully saturated rings. The smallest absolute Gasteiger partial charge is 0.407 e. The summed E-state index contributed by atoms with van der Waals surface area (Å²) in [4.78, 5) is 35.7. The van der Waals surface area contributed by atoms with Crippen molar-refractivity contribution in [1.29, 1.82) is 0 Å². The first-order valence-electron chi connectivity index (χ1n) is 12.5. The molecule has 3 atom stereocenters. The van der Waals surface area contributed by atoms with Gasteiger partial charge >= 0.3 is 12.1 Å². The van der Waals surface area contributed by atoms with Crippen LogP contribution in [0.3, 0.4) is 0 Å². The van der Waals surface area contributed by atoms with Crippen LogP contribution >= 0.6 is 0 Å². The normalized spacial score (nSPS) is 19.5. The Morgan fingerprint density at radius 2 is 1.63 bits per heavy atom. The first kappa shape index (κ1) is 24.8. The average molecular weight is 479 g/mol. The van der Waals surface area contributed by atoms with Crippen molar-refractivity contribution in [1.82, 2.24) is 10.6 Å². The second-order valence-corrected chi connectivity index (χ2v) is 9.73. The molecular formula is C28H34N2O5. The zero-order valence-corrected chi connectivity index (χ0v) is 20.2. The third kappa shape index (κ3) is 6.21. The maximum Gasteiger partial charge on any atom is 0.407 e. The molecule has 0 aromatic heterocycles. The van der Waals surface area contributed by atoms with Crippen LogP contribution in [0.2, 0.25) is 0 Å². The lowest BCUT2D eigenvalue weighted by atomic mass is 9.98. The number of nitrogens with one attached hydrogen (secondary N) is 2. The van der Waals surface area contributed by atoms with Gasteiger partial charge in [0.05, 0.1) is 6.42 Å². The fourth-order valence-corrected chi connectivity index (χ4v) is 5.48. The molecule has 2 aliphatic carbocycles. The third-order valence-electron chi connectivity index (χ3n) is 7.28. The van der Waals surface area contributed by atoms with E-state index in [1.54, 1.807) is 0 Å². The molecule has 4 rings (SSSR count). The van der Waals surface area contributed by atoms with E-state index in [9.17, 15) is 14.4 Å². The van der Waals surface area contributed by atoms with E-state index in [4.69, 9.17) is 9.84 Å². The van der Waals surface area contributed by atoms with E-state index in [1.807, 2.05) is 31.2 Å². The summed E-state index contributed by atoms with van der Waals surface area (Å²) in [5, 5.41) is 14.7. The maximum atomic E-state index is 12.4. The largest absolute Gasteiger partial charge is 0.481 e. The van der Waals surface area contributed by atoms with Crippen molar-refractivity contribution >= 4 is 18.0 Å². The summed E-state index contributed by atoms with van der Waals surface area (Å²) in [5.41, 5.74) is 4.77. The molecule has 0 spiro atoms. The SMILES string of the molecule is CCC(CC(=O)O)NC(=O)CC1CCC(CNC(=O)OCC2c3ccccc3-c3ccccc32)C1. The lowest BCUT2D eigenvalue weighted by molar-refractivity contribution is -0.137. The summed E-state index contributed by atoms with van der Waals surface area (Å²) in [6, 6.07) is 16.2. The van der Waals surface area contributed by atoms with Gasteiger partial charge in [0.1, 0.15) is 6.61 Å². The Labute approximate surface area is 206 Å². The molecule has 0 saturated heterocycles. The number of ether oxygens (including phenoxy) is 1. The lowest BCUT2D eigenvalue weighted by Crippen LogP contribution is -2.36. The molecular weight excluding hydrogens is 444 g/mol. The molecule has 2 aromatic carbocycles. The van der Waals surface area contributed by atoms with Gasteiger partial charge in [0.15, 0.2) is 0 Å². The quantitative estimate of drug-likeness (QED) is 0.459. The zero-order chi connectivity index (χ0) is 24.8. The van der Waals surface area contributed by atoms with E-state index in [0.717, 1.165) is 19.3 Å². The molecule has 35 heavy (non-hydrogen) atoms. The molecule has 0 radical (unpaired) electrons. The number of benzene rings is 2. The summed E-state index contributed by atoms with van der Waals surface area (Å²) >= 11 is 0. The number of hydrogen-bond donors (Lipinski definition) is 3. The molecule has 0 bridgehead atoms. The van der Waals surface area contributed by atoms with Crippen LogP contribution in [0.5, 0.6) is 0 Å². The van der Waals surface area contributed by atoms with Gasteiger partial charge in [-0.2, -0.15) is 0 Å². The van der Waals surface area contributed by atoms with Crippen LogP contribution in [-0.4, -0.2) is 42.3 Å². The topological polar surface area (TPSA) is 105 Å². The standard InChI is InChI=1S/C28H34N2O5/c1-2-20(15-27(32)33)30-26(31)14-18-11-12-19(13-18)16-29-28(34)35-17-25-23-9-5-3-7-21(23)22-8-4-6-10-24(22)25/h3-10,18-20,25H,2,11-17H2,1H3,(H,29,34)(H,30,31)(H,32,33). The number of aliphatic carboxylic acids is 1. The van der Waals surface area contributed by atoms with Crippen molar-refractivity contribution in [3.05, 3.63) is 59.7 Å². The minimum absolute atomic E-state index is 0.0376. The average Bonchev–Trinajstić information content (AvgIpc) is 3.42. The molecule has 3 unspecified atom stereocenters. The monoisotopic (exact) mass is 478 g/mol. The highest BCUT2D eigenvalue weighted by atomic mass is 16.5. The van der Waals surface area contributed by atoms with E-state index in [-0.39, 0.29) is 30.2 Å². The van der Waals surface area contributed by atoms with E-state index in [0.29, 0.717) is 31.9 Å². The van der Waals surface area contributed by atoms with Crippen molar-refractivity contribution in [2.45, 2.75) is 57.4 Å². The Kier molecular flexibility index (Phi) is 8.06. The molecule has 2 amide bonds. The van der Waals surface area contributed by atoms with Crippen molar-refractivity contribution < 1.29 is 24.2 Å². The highest BCUT2D eigenvalue weighted by Crippen LogP contribution is 2.44. The Balaban J connectivity index is 1.20. The lowest BCUT2D eigenvalue weighted by Gasteiger charge is -2.17. The first-order chi connectivity index (χ1) is 16.9. The van der Waals surface area contributed by atoms with Gasteiger partial charge in [0, 0.05) is 24.9 Å². The van der Waals surface area contributed by atoms with E-state index in [1.165, 1.54) is 22.3 Å². The maximum absolute atomic E-state index is 12.4. The summed E-state index contributed by atoms with van der Waals surface area (Å²) in [7, 11) is 0. The van der Waals surface area contributed by atoms with Gasteiger partial charge < -0.3 is 20.5 Å². The minimum atomic E-state index is -0.905. The highest BCUT2D eigenvalue weighted by Gasteiger charge is 2.30. The molecule has 7 heteroatoms. The third-order valence-corrected chi connectivity index (χ3v) is 7.28. The van der Waals surface area contributed by atoms with Crippen LogP contribution in [0.15, 0.2) is 48.5 Å². The molecule has 0 heterocycles. The van der Waals surface area contributed by atoms with Crippen molar-refractivity contribution in [2.24, 2.45) is 11.8 Å². The van der Waals surface area contributed by atoms with Crippen LogP contribution in [-0.2, 0) is 14.3 Å². The molecule has 2 aliphatic rings. The first-order valence-corrected chi connectivity index (χ1v) is 12.5. The van der Waals surface area contributed by atoms with Crippen molar-refractivity contribution in [3.63, 3.8) is 0 Å². The number of rotatable bonds is 10. The summed E-state index contributed by atoms with van der Waals surface area (Å²) < 4.78 is 5.62. The number of amides is 2. The predicted molar refractivity (Wildman–Crippen MR) is 133 cm³/mol. The van der Waals surface area contributed by atoms with Crippen molar-refractivity contribution in [3.8, 4) is 11.1 Å². The summed E-state index contributed by atoms with van der Waals surface area (Å²) in [6.45, 7) is 2.70. The summed E-state index contributed by atoms with van der Waals surface area (Å²) in [5.74, 6) is -0.387. The molecule has 7 nitrogen and oxygen atoms in total. The second-order valence-electron chi connectivity index (χ2n) is 9.73. The van der Waals surface area contributed by atoms with E-state index in [2.05, 4.69) is 34.9 Å². The van der Waals surface area contributed by atoms with Gasteiger partial charge in [-0.25, -0.2) is 4.79 Å². The number of carbonyl (C=O) groups is 3. The van der Waals surface area contributed by atoms with Crippen LogP contribution in [0.1, 0.15) is 62.5 Å². The number of hydrogen-bond acceptors (Lipinski definition) is 4. The van der Waals surface area contributed by atoms with E-state index >= 15 is 0 Å². The molecule has 186 valence electrons. The Morgan fingerprint density at radius 3 is 2.26 bits per heavy atom. The van der Waals surface area contributed by atoms with Gasteiger partial charge in [-0.1, -0.05) is 55.5 Å². The van der Waals surface area contributed by atoms with Gasteiger partial charge in [-0.05, 0) is 59.8 Å². The number of carbonyl (C=O) groups excluding carboxylic acids is 2. The fourth-order valence-electron chi connectivity index (χ4n) is 5.48. The van der Waals surface area contributed by atoms with Gasteiger partial charge in [-0.15, -0.1) is 0 Å². The van der Waals surface area contributed by atoms with Crippen LogP contribution < -0.4 is 10.6 Å². The Morgan fingerprint density at radius 1 is 1.00 bits per heavy atom. The number of carboxylic acid groups (broad SMARTS) is 1. The highest BCUT2D eigenvalue weighted by molar-refractivity contribution is 5.79. The Hall–Kier alpha value is -3.35. The predicted octanol–water partition coefficient (Wildman–Crippen LogP) is 4.70. The van der Waals surface area contributed by atoms with Crippen LogP contribution in [0.25, 0.3) is 11.1 Å². The van der Waals surface area contributed by atoms with Crippen LogP contribution in [0.4, 0.5) is 4.79 Å². The molecule has 0 aliphatic heterocycles. The van der Waals surface area contributed by atoms with Crippen LogP contribution in [0, 0.1) is 11.8 Å². The van der Waals surface area contributed by atoms with E-state index < -0.39 is 12.1 Å². The number of alkyl carbamates (subject to hydrolysis) is 1. The Bertz CT molecular complexity index is 1020. The van der Waals surface area contributed by atoms with Gasteiger partial charge in [-0.3, -0.25) is 9.59 Å². The summed E-state index contributed by atoms with van der Waals surface area (Å²) in [6.07, 6.45) is 3.28. The second kappa shape index (κ2) is 11.4. The number of carboxylic acids is 1. The zero-order valence-electron chi connectivity index (χ0n) is 20.2. The number of fused-ring (bicyclic) bond motifs is 3. The molecule has 1 saturated carbocycles.